The number of hydrogen-bond donors (Lipinski definition) is 1. The fourth-order valence-corrected chi connectivity index (χ4v) is 6.16. The van der Waals surface area contributed by atoms with E-state index in [0.717, 1.165) is 19.3 Å². The molecular weight excluding hydrogens is 244 g/mol. The molecular formula is C15H20O4. The molecule has 104 valence electrons. The lowest BCUT2D eigenvalue weighted by Crippen LogP contribution is -2.52. The van der Waals surface area contributed by atoms with Crippen molar-refractivity contribution in [3.8, 4) is 0 Å². The zero-order chi connectivity index (χ0) is 13.6. The summed E-state index contributed by atoms with van der Waals surface area (Å²) < 4.78 is 5.52. The Bertz CT molecular complexity index is 496. The van der Waals surface area contributed by atoms with Gasteiger partial charge in [-0.3, -0.25) is 9.59 Å². The van der Waals surface area contributed by atoms with Crippen molar-refractivity contribution in [1.82, 2.24) is 0 Å². The van der Waals surface area contributed by atoms with Crippen LogP contribution in [0.25, 0.3) is 0 Å². The van der Waals surface area contributed by atoms with Crippen LogP contribution in [0.1, 0.15) is 39.5 Å². The molecule has 19 heavy (non-hydrogen) atoms. The van der Waals surface area contributed by atoms with Crippen LogP contribution < -0.4 is 0 Å². The molecule has 0 aromatic heterocycles. The summed E-state index contributed by atoms with van der Waals surface area (Å²) in [6.45, 7) is 4.14. The maximum absolute atomic E-state index is 12.5. The molecule has 1 spiro atoms. The summed E-state index contributed by atoms with van der Waals surface area (Å²) in [5, 5.41) is 9.86. The maximum atomic E-state index is 12.5. The van der Waals surface area contributed by atoms with Crippen LogP contribution in [0.5, 0.6) is 0 Å². The van der Waals surface area contributed by atoms with Gasteiger partial charge in [0.2, 0.25) is 0 Å². The van der Waals surface area contributed by atoms with Crippen LogP contribution in [0.4, 0.5) is 0 Å². The van der Waals surface area contributed by atoms with Crippen LogP contribution in [0, 0.1) is 28.6 Å². The largest absolute Gasteiger partial charge is 0.448 e. The van der Waals surface area contributed by atoms with Gasteiger partial charge in [-0.25, -0.2) is 0 Å². The third kappa shape index (κ3) is 0.979. The van der Waals surface area contributed by atoms with E-state index >= 15 is 0 Å². The number of aliphatic hydroxyl groups is 1. The molecule has 4 fully saturated rings. The van der Waals surface area contributed by atoms with Crippen molar-refractivity contribution in [3.63, 3.8) is 0 Å². The highest BCUT2D eigenvalue weighted by molar-refractivity contribution is 5.98. The van der Waals surface area contributed by atoms with E-state index in [4.69, 9.17) is 4.74 Å². The number of hydrogen-bond acceptors (Lipinski definition) is 4. The minimum atomic E-state index is -1.22. The molecule has 1 heterocycles. The molecule has 0 amide bonds. The van der Waals surface area contributed by atoms with Crippen molar-refractivity contribution in [1.29, 1.82) is 0 Å². The van der Waals surface area contributed by atoms with E-state index < -0.39 is 11.0 Å². The van der Waals surface area contributed by atoms with Crippen LogP contribution in [-0.2, 0) is 14.3 Å². The Kier molecular flexibility index (Phi) is 1.91. The van der Waals surface area contributed by atoms with Crippen molar-refractivity contribution < 1.29 is 19.4 Å². The van der Waals surface area contributed by atoms with E-state index in [0.29, 0.717) is 12.3 Å². The maximum Gasteiger partial charge on any atom is 0.310 e. The van der Waals surface area contributed by atoms with E-state index in [2.05, 4.69) is 13.8 Å². The van der Waals surface area contributed by atoms with Gasteiger partial charge in [0.25, 0.3) is 0 Å². The Morgan fingerprint density at radius 3 is 2.68 bits per heavy atom. The lowest BCUT2D eigenvalue weighted by molar-refractivity contribution is -0.164. The predicted octanol–water partition coefficient (Wildman–Crippen LogP) is 1.31. The molecule has 4 rings (SSSR count). The number of esters is 1. The molecule has 2 bridgehead atoms. The summed E-state index contributed by atoms with van der Waals surface area (Å²) >= 11 is 0. The van der Waals surface area contributed by atoms with Gasteiger partial charge in [-0.2, -0.15) is 0 Å². The van der Waals surface area contributed by atoms with E-state index in [1.165, 1.54) is 0 Å². The number of carbonyl (C=O) groups excluding carboxylic acids is 2. The molecule has 3 saturated carbocycles. The van der Waals surface area contributed by atoms with Gasteiger partial charge in [-0.15, -0.1) is 0 Å². The van der Waals surface area contributed by atoms with Gasteiger partial charge >= 0.3 is 5.97 Å². The fraction of sp³-hybridized carbons (Fsp3) is 0.867. The normalized spacial score (nSPS) is 53.3. The number of aliphatic hydroxyl groups excluding tert-OH is 1. The number of Topliss-reactive ketones (excluding diaryl/α,β-unsaturated/α-hetero) is 1. The van der Waals surface area contributed by atoms with E-state index in [1.807, 2.05) is 0 Å². The van der Waals surface area contributed by atoms with Gasteiger partial charge in [-0.1, -0.05) is 13.8 Å². The van der Waals surface area contributed by atoms with Crippen LogP contribution in [0.3, 0.4) is 0 Å². The molecule has 0 aromatic carbocycles. The first kappa shape index (κ1) is 11.9. The Morgan fingerprint density at radius 2 is 2.00 bits per heavy atom. The molecule has 1 aliphatic heterocycles. The topological polar surface area (TPSA) is 63.6 Å². The monoisotopic (exact) mass is 264 g/mol. The molecule has 4 heteroatoms. The van der Waals surface area contributed by atoms with Crippen LogP contribution in [-0.4, -0.2) is 29.1 Å². The summed E-state index contributed by atoms with van der Waals surface area (Å²) in [5.41, 5.74) is -1.50. The number of ketones is 1. The quantitative estimate of drug-likeness (QED) is 0.725. The molecule has 0 unspecified atom stereocenters. The fourth-order valence-electron chi connectivity index (χ4n) is 6.16. The zero-order valence-electron chi connectivity index (χ0n) is 11.4. The van der Waals surface area contributed by atoms with Crippen LogP contribution in [0.15, 0.2) is 0 Å². The molecule has 0 aromatic rings. The highest BCUT2D eigenvalue weighted by Gasteiger charge is 2.82. The zero-order valence-corrected chi connectivity index (χ0v) is 11.4. The van der Waals surface area contributed by atoms with E-state index in [1.54, 1.807) is 0 Å². The van der Waals surface area contributed by atoms with Gasteiger partial charge in [-0.05, 0) is 36.5 Å². The van der Waals surface area contributed by atoms with Crippen molar-refractivity contribution >= 4 is 11.8 Å². The van der Waals surface area contributed by atoms with Gasteiger partial charge in [0, 0.05) is 11.8 Å². The molecule has 1 saturated heterocycles. The first-order chi connectivity index (χ1) is 8.89. The smallest absolute Gasteiger partial charge is 0.310 e. The van der Waals surface area contributed by atoms with E-state index in [-0.39, 0.29) is 35.6 Å². The van der Waals surface area contributed by atoms with Crippen molar-refractivity contribution in [2.75, 3.05) is 6.61 Å². The van der Waals surface area contributed by atoms with Crippen molar-refractivity contribution in [2.24, 2.45) is 28.6 Å². The first-order valence-electron chi connectivity index (χ1n) is 7.26. The summed E-state index contributed by atoms with van der Waals surface area (Å²) in [6.07, 6.45) is 3.14. The van der Waals surface area contributed by atoms with Gasteiger partial charge in [0.1, 0.15) is 0 Å². The lowest BCUT2D eigenvalue weighted by Gasteiger charge is -2.41. The number of ether oxygens (including phenoxy) is 1. The minimum Gasteiger partial charge on any atom is -0.448 e. The highest BCUT2D eigenvalue weighted by Crippen LogP contribution is 2.76. The molecule has 0 radical (unpaired) electrons. The first-order valence-corrected chi connectivity index (χ1v) is 7.26. The standard InChI is InChI=1S/C15H20O4/c1-13(2)6-14-9-4-3-8(13)10(14)5-11(17)15(14,7-16)19-12(9)18/h8-10,16H,3-7H2,1-2H3/t8-,9+,10-,14-,15+/m0/s1. The van der Waals surface area contributed by atoms with Crippen LogP contribution >= 0.6 is 0 Å². The lowest BCUT2D eigenvalue weighted by atomic mass is 9.59. The number of carbonyl (C=O) groups is 2. The van der Waals surface area contributed by atoms with Crippen molar-refractivity contribution in [3.05, 3.63) is 0 Å². The Balaban J connectivity index is 1.97. The third-order valence-electron chi connectivity index (χ3n) is 6.68. The minimum absolute atomic E-state index is 0.0433. The second-order valence-corrected chi connectivity index (χ2v) is 7.58. The Morgan fingerprint density at radius 1 is 1.26 bits per heavy atom. The highest BCUT2D eigenvalue weighted by atomic mass is 16.6. The van der Waals surface area contributed by atoms with Crippen LogP contribution in [0.2, 0.25) is 0 Å². The molecule has 4 aliphatic rings. The van der Waals surface area contributed by atoms with Crippen molar-refractivity contribution in [2.45, 2.75) is 45.1 Å². The van der Waals surface area contributed by atoms with E-state index in [9.17, 15) is 14.7 Å². The van der Waals surface area contributed by atoms with Gasteiger partial charge in [0.05, 0.1) is 12.5 Å². The summed E-state index contributed by atoms with van der Waals surface area (Å²) in [4.78, 5) is 24.7. The molecule has 4 nitrogen and oxygen atoms in total. The third-order valence-corrected chi connectivity index (χ3v) is 6.68. The summed E-state index contributed by atoms with van der Waals surface area (Å²) in [6, 6.07) is 0. The molecule has 5 atom stereocenters. The summed E-state index contributed by atoms with van der Waals surface area (Å²) in [5.74, 6) is 0.249. The summed E-state index contributed by atoms with van der Waals surface area (Å²) in [7, 11) is 0. The second-order valence-electron chi connectivity index (χ2n) is 7.58. The Labute approximate surface area is 112 Å². The molecule has 3 aliphatic carbocycles. The predicted molar refractivity (Wildman–Crippen MR) is 66.1 cm³/mol. The second kappa shape index (κ2) is 3.05. The van der Waals surface area contributed by atoms with Gasteiger partial charge < -0.3 is 9.84 Å². The Hall–Kier alpha value is -0.900. The average molecular weight is 264 g/mol. The SMILES string of the molecule is CC1(C)C[C@]23[C@@H]4CC[C@H]1[C@@H]2CC(=O)[C@@]3(CO)OC4=O. The van der Waals surface area contributed by atoms with Gasteiger partial charge in [0.15, 0.2) is 11.4 Å². The number of rotatable bonds is 1. The molecule has 1 N–H and O–H groups in total. The average Bonchev–Trinajstić information content (AvgIpc) is 2.77.